The number of anilines is 4. The highest BCUT2D eigenvalue weighted by Crippen LogP contribution is 2.41. The molecule has 0 spiro atoms. The van der Waals surface area contributed by atoms with Gasteiger partial charge in [0, 0.05) is 22.2 Å². The van der Waals surface area contributed by atoms with Crippen LogP contribution in [0.5, 0.6) is 5.75 Å². The second-order valence-corrected chi connectivity index (χ2v) is 15.9. The van der Waals surface area contributed by atoms with Gasteiger partial charge in [-0.15, -0.1) is 0 Å². The summed E-state index contributed by atoms with van der Waals surface area (Å²) < 4.78 is 33.2. The number of alkyl halides is 1. The van der Waals surface area contributed by atoms with Crippen molar-refractivity contribution in [3.63, 3.8) is 0 Å². The topological polar surface area (TPSA) is 96.5 Å². The molecular formula is C34H46IN5O3S. The highest BCUT2D eigenvalue weighted by Gasteiger charge is 2.29. The minimum Gasteiger partial charge on any atom is -0.489 e. The van der Waals surface area contributed by atoms with Crippen LogP contribution in [0.25, 0.3) is 0 Å². The zero-order valence-corrected chi connectivity index (χ0v) is 29.5. The monoisotopic (exact) mass is 731 g/mol. The lowest BCUT2D eigenvalue weighted by atomic mass is 9.79. The minimum absolute atomic E-state index is 0.0101. The number of aromatic nitrogens is 2. The number of nitrogens with one attached hydrogen (secondary N) is 2. The van der Waals surface area contributed by atoms with Gasteiger partial charge in [-0.1, -0.05) is 34.7 Å². The Balaban J connectivity index is 1.40. The Morgan fingerprint density at radius 2 is 1.70 bits per heavy atom. The van der Waals surface area contributed by atoms with E-state index in [1.54, 1.807) is 38.2 Å². The Morgan fingerprint density at radius 1 is 1.00 bits per heavy atom. The summed E-state index contributed by atoms with van der Waals surface area (Å²) in [5, 5.41) is 6.18. The van der Waals surface area contributed by atoms with Crippen molar-refractivity contribution >= 4 is 55.6 Å². The first kappa shape index (κ1) is 32.9. The summed E-state index contributed by atoms with van der Waals surface area (Å²) in [6.45, 7) is 12.2. The van der Waals surface area contributed by atoms with Crippen molar-refractivity contribution in [2.45, 2.75) is 106 Å². The number of ether oxygens (including phenoxy) is 1. The summed E-state index contributed by atoms with van der Waals surface area (Å²) >= 11 is 2.27. The van der Waals surface area contributed by atoms with Crippen LogP contribution in [0.15, 0.2) is 47.5 Å². The standard InChI is InChI=1S/C34H46IN5O3S/c1-22(2)43-31-19-28(25-12-14-27(15-13-25)40-16-8-9-17-40)24(5)18-30(31)38-34-36-21-26(20-35)33(39-34)37-29-10-6-7-11-32(29)44(41,42)23(3)4/h6-7,10-11,18-19,21-23,25,27H,8-9,12-17,20H2,1-5H3,(H2,36,37,38,39). The number of rotatable bonds is 11. The van der Waals surface area contributed by atoms with Gasteiger partial charge in [0.1, 0.15) is 11.6 Å². The van der Waals surface area contributed by atoms with Crippen LogP contribution in [0.3, 0.4) is 0 Å². The molecule has 3 aromatic rings. The second kappa shape index (κ2) is 14.3. The summed E-state index contributed by atoms with van der Waals surface area (Å²) in [5.41, 5.74) is 4.81. The predicted molar refractivity (Wildman–Crippen MR) is 188 cm³/mol. The highest BCUT2D eigenvalue weighted by molar-refractivity contribution is 14.1. The lowest BCUT2D eigenvalue weighted by molar-refractivity contribution is 0.181. The molecule has 2 heterocycles. The quantitative estimate of drug-likeness (QED) is 0.150. The maximum Gasteiger partial charge on any atom is 0.229 e. The van der Waals surface area contributed by atoms with Gasteiger partial charge in [0.15, 0.2) is 9.84 Å². The Labute approximate surface area is 276 Å². The molecule has 0 radical (unpaired) electrons. The van der Waals surface area contributed by atoms with Crippen molar-refractivity contribution in [1.29, 1.82) is 0 Å². The normalized spacial score (nSPS) is 19.5. The fraction of sp³-hybridized carbons (Fsp3) is 0.529. The van der Waals surface area contributed by atoms with Crippen LogP contribution in [0.2, 0.25) is 0 Å². The Hall–Kier alpha value is -2.44. The van der Waals surface area contributed by atoms with Gasteiger partial charge >= 0.3 is 0 Å². The molecule has 1 saturated heterocycles. The van der Waals surface area contributed by atoms with E-state index in [-0.39, 0.29) is 11.0 Å². The van der Waals surface area contributed by atoms with E-state index in [0.29, 0.717) is 27.8 Å². The van der Waals surface area contributed by atoms with Crippen molar-refractivity contribution in [1.82, 2.24) is 14.9 Å². The molecule has 0 atom stereocenters. The third kappa shape index (κ3) is 7.50. The number of sulfone groups is 1. The van der Waals surface area contributed by atoms with Crippen LogP contribution in [0, 0.1) is 6.92 Å². The van der Waals surface area contributed by atoms with E-state index in [2.05, 4.69) is 62.2 Å². The van der Waals surface area contributed by atoms with Crippen LogP contribution >= 0.6 is 22.6 Å². The van der Waals surface area contributed by atoms with Crippen LogP contribution in [-0.4, -0.2) is 53.8 Å². The minimum atomic E-state index is -3.49. The second-order valence-electron chi connectivity index (χ2n) is 12.7. The van der Waals surface area contributed by atoms with Gasteiger partial charge in [0.2, 0.25) is 5.95 Å². The molecule has 0 unspecified atom stereocenters. The summed E-state index contributed by atoms with van der Waals surface area (Å²) in [5.74, 6) is 2.32. The first-order chi connectivity index (χ1) is 21.1. The van der Waals surface area contributed by atoms with Gasteiger partial charge in [-0.05, 0) is 128 Å². The zero-order valence-electron chi connectivity index (χ0n) is 26.6. The van der Waals surface area contributed by atoms with Crippen molar-refractivity contribution in [2.24, 2.45) is 0 Å². The number of aryl methyl sites for hydroxylation is 1. The highest BCUT2D eigenvalue weighted by atomic mass is 127. The lowest BCUT2D eigenvalue weighted by Crippen LogP contribution is -2.35. The lowest BCUT2D eigenvalue weighted by Gasteiger charge is -2.35. The maximum absolute atomic E-state index is 13.1. The van der Waals surface area contributed by atoms with Gasteiger partial charge in [0.05, 0.1) is 27.6 Å². The molecule has 44 heavy (non-hydrogen) atoms. The van der Waals surface area contributed by atoms with Gasteiger partial charge in [-0.2, -0.15) is 4.98 Å². The summed E-state index contributed by atoms with van der Waals surface area (Å²) in [7, 11) is -3.49. The third-order valence-corrected chi connectivity index (χ3v) is 11.9. The number of para-hydroxylation sites is 1. The fourth-order valence-electron chi connectivity index (χ4n) is 6.44. The number of hydrogen-bond donors (Lipinski definition) is 2. The molecule has 238 valence electrons. The van der Waals surface area contributed by atoms with E-state index in [9.17, 15) is 8.42 Å². The molecule has 2 aliphatic rings. The van der Waals surface area contributed by atoms with E-state index >= 15 is 0 Å². The number of nitrogens with zero attached hydrogens (tertiary/aromatic N) is 3. The molecular weight excluding hydrogens is 685 g/mol. The predicted octanol–water partition coefficient (Wildman–Crippen LogP) is 8.30. The van der Waals surface area contributed by atoms with Crippen LogP contribution in [0.1, 0.15) is 88.8 Å². The van der Waals surface area contributed by atoms with Gasteiger partial charge < -0.3 is 20.3 Å². The van der Waals surface area contributed by atoms with Crippen LogP contribution in [-0.2, 0) is 14.3 Å². The van der Waals surface area contributed by atoms with Crippen LogP contribution in [0.4, 0.5) is 23.1 Å². The molecule has 1 aliphatic heterocycles. The molecule has 2 fully saturated rings. The molecule has 0 amide bonds. The first-order valence-corrected chi connectivity index (χ1v) is 19.0. The Bertz CT molecular complexity index is 1550. The van der Waals surface area contributed by atoms with Crippen LogP contribution < -0.4 is 15.4 Å². The molecule has 5 rings (SSSR count). The first-order valence-electron chi connectivity index (χ1n) is 15.9. The Morgan fingerprint density at radius 3 is 2.36 bits per heavy atom. The third-order valence-electron chi connectivity index (χ3n) is 8.85. The van der Waals surface area contributed by atoms with Gasteiger partial charge in [-0.25, -0.2) is 13.4 Å². The molecule has 1 aliphatic carbocycles. The largest absolute Gasteiger partial charge is 0.489 e. The van der Waals surface area contributed by atoms with Crippen molar-refractivity contribution in [3.05, 3.63) is 59.3 Å². The van der Waals surface area contributed by atoms with Crippen molar-refractivity contribution in [2.75, 3.05) is 23.7 Å². The summed E-state index contributed by atoms with van der Waals surface area (Å²) in [6, 6.07) is 12.1. The molecule has 8 nitrogen and oxygen atoms in total. The summed E-state index contributed by atoms with van der Waals surface area (Å²) in [4.78, 5) is 12.4. The molecule has 10 heteroatoms. The molecule has 2 N–H and O–H groups in total. The average Bonchev–Trinajstić information content (AvgIpc) is 3.54. The van der Waals surface area contributed by atoms with E-state index in [4.69, 9.17) is 9.72 Å². The zero-order chi connectivity index (χ0) is 31.4. The van der Waals surface area contributed by atoms with E-state index in [0.717, 1.165) is 23.0 Å². The molecule has 1 saturated carbocycles. The Kier molecular flexibility index (Phi) is 10.7. The number of halogens is 1. The molecule has 1 aromatic heterocycles. The van der Waals surface area contributed by atoms with E-state index in [1.807, 2.05) is 19.9 Å². The van der Waals surface area contributed by atoms with Crippen molar-refractivity contribution in [3.8, 4) is 5.75 Å². The molecule has 0 bridgehead atoms. The number of likely N-dealkylation sites (tertiary alicyclic amines) is 1. The van der Waals surface area contributed by atoms with E-state index in [1.165, 1.54) is 62.7 Å². The SMILES string of the molecule is Cc1cc(Nc2ncc(CI)c(Nc3ccccc3S(=O)(=O)C(C)C)n2)c(OC(C)C)cc1C1CCC(N2CCCC2)CC1. The average molecular weight is 732 g/mol. The van der Waals surface area contributed by atoms with Gasteiger partial charge in [-0.3, -0.25) is 0 Å². The van der Waals surface area contributed by atoms with Crippen molar-refractivity contribution < 1.29 is 13.2 Å². The smallest absolute Gasteiger partial charge is 0.229 e. The van der Waals surface area contributed by atoms with E-state index < -0.39 is 15.1 Å². The van der Waals surface area contributed by atoms with Gasteiger partial charge in [0.25, 0.3) is 0 Å². The number of benzene rings is 2. The fourth-order valence-corrected chi connectivity index (χ4v) is 8.20. The summed E-state index contributed by atoms with van der Waals surface area (Å²) in [6.07, 6.45) is 9.43. The number of hydrogen-bond acceptors (Lipinski definition) is 8. The molecule has 2 aromatic carbocycles. The maximum atomic E-state index is 13.1.